The normalized spacial score (nSPS) is 19.5. The average Bonchev–Trinajstić information content (AvgIpc) is 2.45. The molecule has 0 aromatic carbocycles. The van der Waals surface area contributed by atoms with Crippen molar-refractivity contribution in [3.8, 4) is 5.75 Å². The van der Waals surface area contributed by atoms with Crippen molar-refractivity contribution in [2.75, 3.05) is 32.1 Å². The summed E-state index contributed by atoms with van der Waals surface area (Å²) in [4.78, 5) is 6.84. The first kappa shape index (κ1) is 14.1. The number of nitrogens with zero attached hydrogens (tertiary/aromatic N) is 2. The van der Waals surface area contributed by atoms with E-state index in [0.717, 1.165) is 24.5 Å². The van der Waals surface area contributed by atoms with Crippen LogP contribution in [-0.4, -0.2) is 38.3 Å². The highest BCUT2D eigenvalue weighted by Crippen LogP contribution is 2.33. The van der Waals surface area contributed by atoms with E-state index in [9.17, 15) is 0 Å². The average molecular weight is 263 g/mol. The number of piperidine rings is 1. The first-order valence-electron chi connectivity index (χ1n) is 7.18. The Hall–Kier alpha value is -1.29. The summed E-state index contributed by atoms with van der Waals surface area (Å²) in [5, 5.41) is 3.26. The number of aromatic nitrogens is 1. The van der Waals surface area contributed by atoms with E-state index in [1.54, 1.807) is 7.11 Å². The third-order valence-corrected chi connectivity index (χ3v) is 3.87. The topological polar surface area (TPSA) is 37.4 Å². The van der Waals surface area contributed by atoms with Gasteiger partial charge in [-0.2, -0.15) is 0 Å². The van der Waals surface area contributed by atoms with Crippen molar-refractivity contribution >= 4 is 5.69 Å². The standard InChI is InChI=1S/C15H25N3O/c1-12-10-14(15(19-3)11-17-12)18-9-5-4-6-13(18)7-8-16-2/h10-11,13,16H,4-9H2,1-3H3. The Balaban J connectivity index is 2.23. The Labute approximate surface area is 116 Å². The van der Waals surface area contributed by atoms with Gasteiger partial charge in [-0.25, -0.2) is 0 Å². The molecule has 0 saturated carbocycles. The second-order valence-corrected chi connectivity index (χ2v) is 5.23. The van der Waals surface area contributed by atoms with Crippen molar-refractivity contribution in [3.63, 3.8) is 0 Å². The molecule has 1 saturated heterocycles. The maximum absolute atomic E-state index is 5.49. The molecule has 1 unspecified atom stereocenters. The summed E-state index contributed by atoms with van der Waals surface area (Å²) in [5.74, 6) is 0.891. The first-order valence-corrected chi connectivity index (χ1v) is 7.18. The van der Waals surface area contributed by atoms with Gasteiger partial charge in [-0.15, -0.1) is 0 Å². The van der Waals surface area contributed by atoms with Crippen molar-refractivity contribution < 1.29 is 4.74 Å². The second kappa shape index (κ2) is 6.75. The van der Waals surface area contributed by atoms with Crippen molar-refractivity contribution in [3.05, 3.63) is 18.0 Å². The lowest BCUT2D eigenvalue weighted by Crippen LogP contribution is -2.41. The molecule has 0 radical (unpaired) electrons. The molecule has 19 heavy (non-hydrogen) atoms. The van der Waals surface area contributed by atoms with Crippen LogP contribution < -0.4 is 15.0 Å². The molecule has 2 rings (SSSR count). The number of hydrogen-bond donors (Lipinski definition) is 1. The molecule has 4 nitrogen and oxygen atoms in total. The monoisotopic (exact) mass is 263 g/mol. The molecule has 1 atom stereocenters. The number of hydrogen-bond acceptors (Lipinski definition) is 4. The molecule has 0 bridgehead atoms. The van der Waals surface area contributed by atoms with Gasteiger partial charge in [0.1, 0.15) is 0 Å². The molecule has 0 amide bonds. The van der Waals surface area contributed by atoms with Crippen molar-refractivity contribution in [1.82, 2.24) is 10.3 Å². The predicted octanol–water partition coefficient (Wildman–Crippen LogP) is 2.37. The molecule has 1 aromatic rings. The van der Waals surface area contributed by atoms with Crippen LogP contribution in [0.15, 0.2) is 12.3 Å². The molecule has 0 aliphatic carbocycles. The minimum absolute atomic E-state index is 0.608. The number of nitrogens with one attached hydrogen (secondary N) is 1. The fraction of sp³-hybridized carbons (Fsp3) is 0.667. The van der Waals surface area contributed by atoms with Gasteiger partial charge in [0.15, 0.2) is 5.75 Å². The van der Waals surface area contributed by atoms with Crippen LogP contribution in [-0.2, 0) is 0 Å². The van der Waals surface area contributed by atoms with Gasteiger partial charge in [0.2, 0.25) is 0 Å². The fourth-order valence-corrected chi connectivity index (χ4v) is 2.84. The molecule has 1 aliphatic heterocycles. The Kier molecular flexibility index (Phi) is 5.02. The lowest BCUT2D eigenvalue weighted by molar-refractivity contribution is 0.397. The summed E-state index contributed by atoms with van der Waals surface area (Å²) in [5.41, 5.74) is 2.25. The summed E-state index contributed by atoms with van der Waals surface area (Å²) in [6, 6.07) is 2.76. The highest BCUT2D eigenvalue weighted by molar-refractivity contribution is 5.59. The van der Waals surface area contributed by atoms with Crippen molar-refractivity contribution in [2.24, 2.45) is 0 Å². The number of pyridine rings is 1. The molecule has 0 spiro atoms. The zero-order valence-electron chi connectivity index (χ0n) is 12.3. The molecule has 1 N–H and O–H groups in total. The zero-order valence-corrected chi connectivity index (χ0v) is 12.3. The summed E-state index contributed by atoms with van der Waals surface area (Å²) >= 11 is 0. The van der Waals surface area contributed by atoms with E-state index in [-0.39, 0.29) is 0 Å². The molecule has 1 aliphatic rings. The minimum Gasteiger partial charge on any atom is -0.493 e. The van der Waals surface area contributed by atoms with Crippen molar-refractivity contribution in [2.45, 2.75) is 38.6 Å². The SMILES string of the molecule is CNCCC1CCCCN1c1cc(C)ncc1OC. The molecule has 1 fully saturated rings. The van der Waals surface area contributed by atoms with E-state index in [2.05, 4.69) is 21.3 Å². The van der Waals surface area contributed by atoms with E-state index in [0.29, 0.717) is 6.04 Å². The van der Waals surface area contributed by atoms with Gasteiger partial charge in [-0.1, -0.05) is 0 Å². The van der Waals surface area contributed by atoms with E-state index in [1.165, 1.54) is 31.4 Å². The molecular formula is C15H25N3O. The van der Waals surface area contributed by atoms with Gasteiger partial charge in [0, 0.05) is 18.3 Å². The van der Waals surface area contributed by atoms with Crippen LogP contribution in [0.2, 0.25) is 0 Å². The minimum atomic E-state index is 0.608. The van der Waals surface area contributed by atoms with Gasteiger partial charge in [-0.05, 0) is 52.3 Å². The summed E-state index contributed by atoms with van der Waals surface area (Å²) < 4.78 is 5.49. The van der Waals surface area contributed by atoms with Crippen LogP contribution in [0.4, 0.5) is 5.69 Å². The highest BCUT2D eigenvalue weighted by atomic mass is 16.5. The van der Waals surface area contributed by atoms with Gasteiger partial charge in [-0.3, -0.25) is 4.98 Å². The number of methoxy groups -OCH3 is 1. The van der Waals surface area contributed by atoms with Gasteiger partial charge in [0.05, 0.1) is 19.0 Å². The maximum atomic E-state index is 5.49. The summed E-state index contributed by atoms with van der Waals surface area (Å²) in [7, 11) is 3.74. The molecule has 106 valence electrons. The second-order valence-electron chi connectivity index (χ2n) is 5.23. The van der Waals surface area contributed by atoms with Crippen LogP contribution in [0.25, 0.3) is 0 Å². The number of aryl methyl sites for hydroxylation is 1. The predicted molar refractivity (Wildman–Crippen MR) is 79.1 cm³/mol. The van der Waals surface area contributed by atoms with Gasteiger partial charge < -0.3 is 15.0 Å². The van der Waals surface area contributed by atoms with Crippen LogP contribution in [0.5, 0.6) is 5.75 Å². The third kappa shape index (κ3) is 3.38. The summed E-state index contributed by atoms with van der Waals surface area (Å²) in [6.45, 7) is 4.22. The van der Waals surface area contributed by atoms with Crippen molar-refractivity contribution in [1.29, 1.82) is 0 Å². The number of ether oxygens (including phenoxy) is 1. The van der Waals surface area contributed by atoms with E-state index in [4.69, 9.17) is 4.74 Å². The fourth-order valence-electron chi connectivity index (χ4n) is 2.84. The van der Waals surface area contributed by atoms with Crippen LogP contribution >= 0.6 is 0 Å². The smallest absolute Gasteiger partial charge is 0.160 e. The third-order valence-electron chi connectivity index (χ3n) is 3.87. The molecular weight excluding hydrogens is 238 g/mol. The number of rotatable bonds is 5. The molecule has 2 heterocycles. The van der Waals surface area contributed by atoms with E-state index in [1.807, 2.05) is 20.2 Å². The zero-order chi connectivity index (χ0) is 13.7. The Morgan fingerprint density at radius 1 is 1.47 bits per heavy atom. The van der Waals surface area contributed by atoms with E-state index >= 15 is 0 Å². The Morgan fingerprint density at radius 3 is 3.05 bits per heavy atom. The quantitative estimate of drug-likeness (QED) is 0.885. The van der Waals surface area contributed by atoms with E-state index < -0.39 is 0 Å². The van der Waals surface area contributed by atoms with Crippen LogP contribution in [0.1, 0.15) is 31.4 Å². The van der Waals surface area contributed by atoms with Crippen LogP contribution in [0.3, 0.4) is 0 Å². The molecule has 4 heteroatoms. The Morgan fingerprint density at radius 2 is 2.32 bits per heavy atom. The largest absolute Gasteiger partial charge is 0.493 e. The Bertz CT molecular complexity index is 408. The highest BCUT2D eigenvalue weighted by Gasteiger charge is 2.24. The summed E-state index contributed by atoms with van der Waals surface area (Å²) in [6.07, 6.45) is 6.89. The lowest BCUT2D eigenvalue weighted by atomic mass is 9.98. The lowest BCUT2D eigenvalue weighted by Gasteiger charge is -2.38. The maximum Gasteiger partial charge on any atom is 0.160 e. The van der Waals surface area contributed by atoms with Gasteiger partial charge in [0.25, 0.3) is 0 Å². The molecule has 1 aromatic heterocycles. The first-order chi connectivity index (χ1) is 9.26. The van der Waals surface area contributed by atoms with Gasteiger partial charge >= 0.3 is 0 Å². The number of anilines is 1. The van der Waals surface area contributed by atoms with Crippen LogP contribution in [0, 0.1) is 6.92 Å².